The minimum Gasteiger partial charge on any atom is -0.507 e. The van der Waals surface area contributed by atoms with E-state index in [2.05, 4.69) is 4.99 Å². The highest BCUT2D eigenvalue weighted by atomic mass is 16.7. The Labute approximate surface area is 86.0 Å². The number of rotatable bonds is 1. The van der Waals surface area contributed by atoms with Gasteiger partial charge in [0.15, 0.2) is 0 Å². The third-order valence-electron chi connectivity index (χ3n) is 1.86. The summed E-state index contributed by atoms with van der Waals surface area (Å²) in [6.07, 6.45) is -0.0387. The zero-order chi connectivity index (χ0) is 10.7. The smallest absolute Gasteiger partial charge is 0.391 e. The number of aromatic hydroxyl groups is 1. The van der Waals surface area contributed by atoms with Gasteiger partial charge in [-0.15, -0.1) is 0 Å². The molecule has 0 spiro atoms. The van der Waals surface area contributed by atoms with Crippen LogP contribution in [-0.4, -0.2) is 30.3 Å². The van der Waals surface area contributed by atoms with E-state index in [1.54, 1.807) is 12.1 Å². The van der Waals surface area contributed by atoms with Gasteiger partial charge in [-0.25, -0.2) is 9.79 Å². The number of para-hydroxylation sites is 1. The van der Waals surface area contributed by atoms with E-state index < -0.39 is 5.97 Å². The predicted octanol–water partition coefficient (Wildman–Crippen LogP) is 0.935. The Morgan fingerprint density at radius 2 is 2.27 bits per heavy atom. The Morgan fingerprint density at radius 1 is 1.47 bits per heavy atom. The summed E-state index contributed by atoms with van der Waals surface area (Å²) in [6, 6.07) is 6.13. The summed E-state index contributed by atoms with van der Waals surface area (Å²) in [7, 11) is 0. The van der Waals surface area contributed by atoms with Crippen molar-refractivity contribution in [1.29, 1.82) is 0 Å². The highest BCUT2D eigenvalue weighted by Crippen LogP contribution is 2.17. The number of hydrogen-bond donors (Lipinski definition) is 1. The van der Waals surface area contributed by atoms with Crippen molar-refractivity contribution < 1.29 is 19.4 Å². The normalized spacial score (nSPS) is 14.3. The monoisotopic (exact) mass is 207 g/mol. The number of esters is 1. The van der Waals surface area contributed by atoms with Gasteiger partial charge in [0.05, 0.1) is 6.54 Å². The molecule has 78 valence electrons. The summed E-state index contributed by atoms with van der Waals surface area (Å²) < 4.78 is 9.72. The van der Waals surface area contributed by atoms with Crippen LogP contribution in [0.1, 0.15) is 10.4 Å². The molecule has 0 saturated carbocycles. The second kappa shape index (κ2) is 4.00. The molecule has 0 fully saturated rings. The van der Waals surface area contributed by atoms with Crippen molar-refractivity contribution in [3.63, 3.8) is 0 Å². The molecule has 0 bridgehead atoms. The molecule has 0 unspecified atom stereocenters. The zero-order valence-electron chi connectivity index (χ0n) is 7.84. The standard InChI is InChI=1S/C10H9NO4/c12-8-4-2-1-3-7(8)9(13)15-10-11-5-6-14-10/h1-4,12H,5-6H2. The third kappa shape index (κ3) is 2.07. The molecule has 0 aromatic heterocycles. The molecule has 1 aliphatic rings. The second-order valence-corrected chi connectivity index (χ2v) is 2.90. The first-order valence-corrected chi connectivity index (χ1v) is 4.45. The molecular weight excluding hydrogens is 198 g/mol. The number of nitrogens with zero attached hydrogens (tertiary/aromatic N) is 1. The molecule has 1 aromatic rings. The summed E-state index contributed by atoms with van der Waals surface area (Å²) in [5, 5.41) is 9.37. The fourth-order valence-corrected chi connectivity index (χ4v) is 1.16. The number of benzene rings is 1. The van der Waals surface area contributed by atoms with Crippen LogP contribution in [0.25, 0.3) is 0 Å². The van der Waals surface area contributed by atoms with Crippen molar-refractivity contribution in [2.75, 3.05) is 13.2 Å². The average Bonchev–Trinajstić information content (AvgIpc) is 2.71. The van der Waals surface area contributed by atoms with Gasteiger partial charge in [0.25, 0.3) is 0 Å². The summed E-state index contributed by atoms with van der Waals surface area (Å²) in [5.74, 6) is -0.796. The van der Waals surface area contributed by atoms with E-state index in [1.807, 2.05) is 0 Å². The molecule has 1 aromatic carbocycles. The topological polar surface area (TPSA) is 68.1 Å². The van der Waals surface area contributed by atoms with E-state index in [4.69, 9.17) is 9.47 Å². The number of phenolic OH excluding ortho intramolecular Hbond substituents is 1. The lowest BCUT2D eigenvalue weighted by atomic mass is 10.2. The molecular formula is C10H9NO4. The van der Waals surface area contributed by atoms with Gasteiger partial charge in [0.1, 0.15) is 17.9 Å². The minimum absolute atomic E-state index is 0.0387. The van der Waals surface area contributed by atoms with Crippen LogP contribution in [0.4, 0.5) is 0 Å². The predicted molar refractivity (Wildman–Crippen MR) is 51.8 cm³/mol. The quantitative estimate of drug-likeness (QED) is 0.696. The van der Waals surface area contributed by atoms with E-state index >= 15 is 0 Å². The average molecular weight is 207 g/mol. The van der Waals surface area contributed by atoms with Crippen molar-refractivity contribution in [2.45, 2.75) is 0 Å². The number of ether oxygens (including phenoxy) is 2. The van der Waals surface area contributed by atoms with Crippen LogP contribution < -0.4 is 0 Å². The van der Waals surface area contributed by atoms with Gasteiger partial charge in [-0.1, -0.05) is 12.1 Å². The Hall–Kier alpha value is -2.04. The van der Waals surface area contributed by atoms with E-state index in [-0.39, 0.29) is 17.4 Å². The molecule has 0 aliphatic carbocycles. The first-order chi connectivity index (χ1) is 7.27. The molecule has 15 heavy (non-hydrogen) atoms. The largest absolute Gasteiger partial charge is 0.507 e. The van der Waals surface area contributed by atoms with E-state index in [1.165, 1.54) is 12.1 Å². The van der Waals surface area contributed by atoms with Crippen LogP contribution in [-0.2, 0) is 9.47 Å². The van der Waals surface area contributed by atoms with Crippen molar-refractivity contribution in [3.8, 4) is 5.75 Å². The van der Waals surface area contributed by atoms with Gasteiger partial charge in [-0.05, 0) is 12.1 Å². The maximum Gasteiger partial charge on any atom is 0.391 e. The molecule has 1 aliphatic heterocycles. The van der Waals surface area contributed by atoms with Crippen molar-refractivity contribution in [1.82, 2.24) is 0 Å². The molecule has 1 heterocycles. The molecule has 2 rings (SSSR count). The molecule has 5 nitrogen and oxygen atoms in total. The van der Waals surface area contributed by atoms with Gasteiger partial charge >= 0.3 is 12.1 Å². The van der Waals surface area contributed by atoms with Crippen LogP contribution in [0.3, 0.4) is 0 Å². The summed E-state index contributed by atoms with van der Waals surface area (Å²) in [6.45, 7) is 0.909. The van der Waals surface area contributed by atoms with Crippen LogP contribution in [0.5, 0.6) is 5.75 Å². The number of aliphatic imine (C=N–C) groups is 1. The highest BCUT2D eigenvalue weighted by molar-refractivity contribution is 5.98. The number of carbonyl (C=O) groups is 1. The molecule has 0 saturated heterocycles. The van der Waals surface area contributed by atoms with E-state index in [0.717, 1.165) is 0 Å². The fourth-order valence-electron chi connectivity index (χ4n) is 1.16. The molecule has 0 radical (unpaired) electrons. The molecule has 0 atom stereocenters. The molecule has 0 amide bonds. The first-order valence-electron chi connectivity index (χ1n) is 4.45. The number of hydrogen-bond acceptors (Lipinski definition) is 5. The van der Waals surface area contributed by atoms with Gasteiger partial charge < -0.3 is 14.6 Å². The van der Waals surface area contributed by atoms with Gasteiger partial charge in [0, 0.05) is 0 Å². The maximum absolute atomic E-state index is 11.5. The van der Waals surface area contributed by atoms with Crippen LogP contribution in [0, 0.1) is 0 Å². The SMILES string of the molecule is O=C(OC1=NCCO1)c1ccccc1O. The summed E-state index contributed by atoms with van der Waals surface area (Å²) in [4.78, 5) is 15.3. The Kier molecular flexibility index (Phi) is 2.53. The Balaban J connectivity index is 2.11. The number of carbonyl (C=O) groups excluding carboxylic acids is 1. The zero-order valence-corrected chi connectivity index (χ0v) is 7.84. The highest BCUT2D eigenvalue weighted by Gasteiger charge is 2.17. The third-order valence-corrected chi connectivity index (χ3v) is 1.86. The lowest BCUT2D eigenvalue weighted by molar-refractivity contribution is 0.0650. The second-order valence-electron chi connectivity index (χ2n) is 2.90. The lowest BCUT2D eigenvalue weighted by Crippen LogP contribution is -2.12. The van der Waals surface area contributed by atoms with Crippen molar-refractivity contribution in [2.24, 2.45) is 4.99 Å². The van der Waals surface area contributed by atoms with Crippen LogP contribution >= 0.6 is 0 Å². The van der Waals surface area contributed by atoms with Crippen molar-refractivity contribution in [3.05, 3.63) is 29.8 Å². The number of phenols is 1. The van der Waals surface area contributed by atoms with E-state index in [0.29, 0.717) is 13.2 Å². The Bertz CT molecular complexity index is 414. The fraction of sp³-hybridized carbons (Fsp3) is 0.200. The molecule has 1 N–H and O–H groups in total. The van der Waals surface area contributed by atoms with Gasteiger partial charge in [0.2, 0.25) is 0 Å². The Morgan fingerprint density at radius 3 is 2.93 bits per heavy atom. The van der Waals surface area contributed by atoms with Crippen molar-refractivity contribution >= 4 is 12.1 Å². The first kappa shape index (κ1) is 9.51. The maximum atomic E-state index is 11.5. The minimum atomic E-state index is -0.672. The van der Waals surface area contributed by atoms with Crippen LogP contribution in [0.15, 0.2) is 29.3 Å². The van der Waals surface area contributed by atoms with E-state index in [9.17, 15) is 9.90 Å². The summed E-state index contributed by atoms with van der Waals surface area (Å²) in [5.41, 5.74) is 0.0932. The van der Waals surface area contributed by atoms with Crippen LogP contribution in [0.2, 0.25) is 0 Å². The summed E-state index contributed by atoms with van der Waals surface area (Å²) >= 11 is 0. The molecule has 5 heteroatoms. The van der Waals surface area contributed by atoms with Gasteiger partial charge in [-0.3, -0.25) is 0 Å². The lowest BCUT2D eigenvalue weighted by Gasteiger charge is -2.04. The van der Waals surface area contributed by atoms with Gasteiger partial charge in [-0.2, -0.15) is 0 Å².